The first-order valence-corrected chi connectivity index (χ1v) is 8.61. The van der Waals surface area contributed by atoms with Crippen LogP contribution in [0.5, 0.6) is 0 Å². The molecule has 0 atom stereocenters. The van der Waals surface area contributed by atoms with Crippen molar-refractivity contribution >= 4 is 56.8 Å². The second-order valence-electron chi connectivity index (χ2n) is 4.82. The Morgan fingerprint density at radius 3 is 2.76 bits per heavy atom. The van der Waals surface area contributed by atoms with Crippen molar-refractivity contribution in [3.63, 3.8) is 0 Å². The SMILES string of the molecule is ClCCc1nc2cc(I)ccc2n1Cc1cccc(Cl)c1. The van der Waals surface area contributed by atoms with Crippen molar-refractivity contribution in [1.29, 1.82) is 0 Å². The highest BCUT2D eigenvalue weighted by molar-refractivity contribution is 14.1. The van der Waals surface area contributed by atoms with Crippen LogP contribution in [0, 0.1) is 3.57 Å². The maximum absolute atomic E-state index is 6.08. The van der Waals surface area contributed by atoms with Crippen LogP contribution in [0.2, 0.25) is 5.02 Å². The van der Waals surface area contributed by atoms with Crippen LogP contribution in [0.4, 0.5) is 0 Å². The summed E-state index contributed by atoms with van der Waals surface area (Å²) in [5.74, 6) is 1.58. The number of nitrogens with zero attached hydrogens (tertiary/aromatic N) is 2. The Bertz CT molecular complexity index is 783. The third-order valence-electron chi connectivity index (χ3n) is 3.34. The maximum Gasteiger partial charge on any atom is 0.111 e. The monoisotopic (exact) mass is 430 g/mol. The Hall–Kier alpha value is -0.780. The van der Waals surface area contributed by atoms with E-state index in [2.05, 4.69) is 51.4 Å². The summed E-state index contributed by atoms with van der Waals surface area (Å²) in [6, 6.07) is 14.2. The molecule has 0 fully saturated rings. The first-order chi connectivity index (χ1) is 10.2. The molecular formula is C16H13Cl2IN2. The van der Waals surface area contributed by atoms with Crippen molar-refractivity contribution in [2.24, 2.45) is 0 Å². The van der Waals surface area contributed by atoms with E-state index in [1.807, 2.05) is 18.2 Å². The fourth-order valence-corrected chi connectivity index (χ4v) is 3.28. The molecule has 0 amide bonds. The molecule has 0 unspecified atom stereocenters. The van der Waals surface area contributed by atoms with E-state index in [1.165, 1.54) is 3.57 Å². The van der Waals surface area contributed by atoms with Gasteiger partial charge in [-0.15, -0.1) is 11.6 Å². The van der Waals surface area contributed by atoms with Crippen LogP contribution in [0.15, 0.2) is 42.5 Å². The van der Waals surface area contributed by atoms with Gasteiger partial charge in [0.25, 0.3) is 0 Å². The van der Waals surface area contributed by atoms with Gasteiger partial charge in [-0.05, 0) is 58.5 Å². The summed E-state index contributed by atoms with van der Waals surface area (Å²) in [5.41, 5.74) is 3.32. The summed E-state index contributed by atoms with van der Waals surface area (Å²) in [6.45, 7) is 0.754. The molecule has 0 spiro atoms. The molecule has 0 aliphatic carbocycles. The summed E-state index contributed by atoms with van der Waals surface area (Å²) in [7, 11) is 0. The molecule has 3 aromatic rings. The Balaban J connectivity index is 2.08. The van der Waals surface area contributed by atoms with E-state index in [4.69, 9.17) is 28.2 Å². The lowest BCUT2D eigenvalue weighted by atomic mass is 10.2. The highest BCUT2D eigenvalue weighted by Crippen LogP contribution is 2.22. The predicted molar refractivity (Wildman–Crippen MR) is 97.4 cm³/mol. The minimum absolute atomic E-state index is 0.565. The summed E-state index contributed by atoms with van der Waals surface area (Å²) in [4.78, 5) is 4.72. The van der Waals surface area contributed by atoms with Gasteiger partial charge in [-0.25, -0.2) is 4.98 Å². The number of hydrogen-bond donors (Lipinski definition) is 0. The molecule has 0 aliphatic heterocycles. The number of benzene rings is 2. The van der Waals surface area contributed by atoms with Gasteiger partial charge < -0.3 is 4.57 Å². The van der Waals surface area contributed by atoms with E-state index in [9.17, 15) is 0 Å². The summed E-state index contributed by atoms with van der Waals surface area (Å²) < 4.78 is 3.41. The van der Waals surface area contributed by atoms with Gasteiger partial charge in [0.05, 0.1) is 11.0 Å². The van der Waals surface area contributed by atoms with E-state index in [1.54, 1.807) is 0 Å². The Labute approximate surface area is 147 Å². The molecule has 2 nitrogen and oxygen atoms in total. The van der Waals surface area contributed by atoms with Crippen LogP contribution in [0.25, 0.3) is 11.0 Å². The largest absolute Gasteiger partial charge is 0.323 e. The number of imidazole rings is 1. The zero-order valence-corrected chi connectivity index (χ0v) is 14.9. The molecule has 3 rings (SSSR count). The third kappa shape index (κ3) is 3.35. The van der Waals surface area contributed by atoms with E-state index < -0.39 is 0 Å². The average molecular weight is 431 g/mol. The standard InChI is InChI=1S/C16H13Cl2IN2/c17-7-6-16-20-14-9-13(19)4-5-15(14)21(16)10-11-2-1-3-12(18)8-11/h1-5,8-9H,6-7,10H2. The Morgan fingerprint density at radius 2 is 2.00 bits per heavy atom. The van der Waals surface area contributed by atoms with Crippen molar-refractivity contribution < 1.29 is 0 Å². The highest BCUT2D eigenvalue weighted by atomic mass is 127. The normalized spacial score (nSPS) is 11.2. The van der Waals surface area contributed by atoms with Gasteiger partial charge in [0.2, 0.25) is 0 Å². The fraction of sp³-hybridized carbons (Fsp3) is 0.188. The van der Waals surface area contributed by atoms with Gasteiger partial charge in [-0.2, -0.15) is 0 Å². The van der Waals surface area contributed by atoms with Gasteiger partial charge in [0, 0.05) is 27.4 Å². The Kier molecular flexibility index (Phi) is 4.72. The molecule has 1 heterocycles. The lowest BCUT2D eigenvalue weighted by Crippen LogP contribution is -2.06. The van der Waals surface area contributed by atoms with Crippen LogP contribution in [-0.2, 0) is 13.0 Å². The van der Waals surface area contributed by atoms with Crippen LogP contribution >= 0.6 is 45.8 Å². The van der Waals surface area contributed by atoms with Gasteiger partial charge in [-0.3, -0.25) is 0 Å². The highest BCUT2D eigenvalue weighted by Gasteiger charge is 2.11. The molecule has 0 N–H and O–H groups in total. The second-order valence-corrected chi connectivity index (χ2v) is 6.88. The number of hydrogen-bond acceptors (Lipinski definition) is 1. The maximum atomic E-state index is 6.08. The smallest absolute Gasteiger partial charge is 0.111 e. The number of rotatable bonds is 4. The first-order valence-electron chi connectivity index (χ1n) is 6.62. The molecule has 5 heteroatoms. The fourth-order valence-electron chi connectivity index (χ4n) is 2.42. The molecule has 108 valence electrons. The number of fused-ring (bicyclic) bond motifs is 1. The summed E-state index contributed by atoms with van der Waals surface area (Å²) >= 11 is 14.3. The molecule has 0 aliphatic rings. The quantitative estimate of drug-likeness (QED) is 0.414. The van der Waals surface area contributed by atoms with Gasteiger partial charge >= 0.3 is 0 Å². The van der Waals surface area contributed by atoms with Crippen LogP contribution in [-0.4, -0.2) is 15.4 Å². The van der Waals surface area contributed by atoms with Crippen molar-refractivity contribution in [3.05, 3.63) is 62.4 Å². The summed E-state index contributed by atoms with van der Waals surface area (Å²) in [6.07, 6.45) is 0.757. The second kappa shape index (κ2) is 6.55. The molecule has 1 aromatic heterocycles. The van der Waals surface area contributed by atoms with Gasteiger partial charge in [0.15, 0.2) is 0 Å². The van der Waals surface area contributed by atoms with Crippen LogP contribution in [0.1, 0.15) is 11.4 Å². The molecule has 21 heavy (non-hydrogen) atoms. The third-order valence-corrected chi connectivity index (χ3v) is 4.43. The van der Waals surface area contributed by atoms with Gasteiger partial charge in [-0.1, -0.05) is 23.7 Å². The van der Waals surface area contributed by atoms with E-state index in [0.717, 1.165) is 40.4 Å². The topological polar surface area (TPSA) is 17.8 Å². The number of halogens is 3. The van der Waals surface area contributed by atoms with Crippen molar-refractivity contribution in [2.45, 2.75) is 13.0 Å². The zero-order chi connectivity index (χ0) is 14.8. The molecule has 2 aromatic carbocycles. The van der Waals surface area contributed by atoms with Gasteiger partial charge in [0.1, 0.15) is 5.82 Å². The number of aromatic nitrogens is 2. The molecule has 0 saturated carbocycles. The van der Waals surface area contributed by atoms with Crippen LogP contribution < -0.4 is 0 Å². The molecule has 0 bridgehead atoms. The zero-order valence-electron chi connectivity index (χ0n) is 11.2. The summed E-state index contributed by atoms with van der Waals surface area (Å²) in [5, 5.41) is 0.755. The molecule has 0 saturated heterocycles. The minimum Gasteiger partial charge on any atom is -0.323 e. The minimum atomic E-state index is 0.565. The molecule has 0 radical (unpaired) electrons. The van der Waals surface area contributed by atoms with E-state index in [-0.39, 0.29) is 0 Å². The Morgan fingerprint density at radius 1 is 1.14 bits per heavy atom. The van der Waals surface area contributed by atoms with Crippen molar-refractivity contribution in [3.8, 4) is 0 Å². The van der Waals surface area contributed by atoms with Crippen molar-refractivity contribution in [1.82, 2.24) is 9.55 Å². The molecular weight excluding hydrogens is 418 g/mol. The average Bonchev–Trinajstić information content (AvgIpc) is 2.76. The van der Waals surface area contributed by atoms with Crippen molar-refractivity contribution in [2.75, 3.05) is 5.88 Å². The van der Waals surface area contributed by atoms with E-state index >= 15 is 0 Å². The first kappa shape index (κ1) is 15.1. The van der Waals surface area contributed by atoms with E-state index in [0.29, 0.717) is 5.88 Å². The lowest BCUT2D eigenvalue weighted by Gasteiger charge is -2.09. The number of aryl methyl sites for hydroxylation is 1. The lowest BCUT2D eigenvalue weighted by molar-refractivity contribution is 0.754. The van der Waals surface area contributed by atoms with Crippen LogP contribution in [0.3, 0.4) is 0 Å². The predicted octanol–water partition coefficient (Wildman–Crippen LogP) is 5.12. The number of alkyl halides is 1.